The van der Waals surface area contributed by atoms with Gasteiger partial charge < -0.3 is 9.73 Å². The van der Waals surface area contributed by atoms with Gasteiger partial charge in [-0.25, -0.2) is 0 Å². The van der Waals surface area contributed by atoms with Crippen LogP contribution in [0.25, 0.3) is 0 Å². The number of carbonyl (C=O) groups is 1. The van der Waals surface area contributed by atoms with Crippen molar-refractivity contribution in [2.75, 3.05) is 5.75 Å². The number of aryl methyl sites for hydroxylation is 2. The van der Waals surface area contributed by atoms with Crippen LogP contribution in [0.15, 0.2) is 14.8 Å². The van der Waals surface area contributed by atoms with Gasteiger partial charge in [0.25, 0.3) is 0 Å². The maximum absolute atomic E-state index is 11.7. The Bertz CT molecular complexity index is 629. The summed E-state index contributed by atoms with van der Waals surface area (Å²) in [4.78, 5) is 11.7. The summed E-state index contributed by atoms with van der Waals surface area (Å²) in [5, 5.41) is 9.51. The summed E-state index contributed by atoms with van der Waals surface area (Å²) in [6, 6.07) is 1.93. The van der Waals surface area contributed by atoms with Crippen molar-refractivity contribution < 1.29 is 9.21 Å². The van der Waals surface area contributed by atoms with E-state index in [1.54, 1.807) is 0 Å². The first-order valence-corrected chi connectivity index (χ1v) is 7.76. The fourth-order valence-electron chi connectivity index (χ4n) is 1.51. The topological polar surface area (TPSA) is 70.9 Å². The third-order valence-corrected chi connectivity index (χ3v) is 4.60. The van der Waals surface area contributed by atoms with Gasteiger partial charge in [0.1, 0.15) is 11.5 Å². The molecule has 0 saturated heterocycles. The summed E-state index contributed by atoms with van der Waals surface area (Å²) in [5.74, 6) is 1.99. The lowest BCUT2D eigenvalue weighted by Gasteiger charge is -2.02. The summed E-state index contributed by atoms with van der Waals surface area (Å²) in [6.07, 6.45) is 0. The van der Waals surface area contributed by atoms with E-state index in [4.69, 9.17) is 16.6 Å². The molecule has 2 heterocycles. The highest BCUT2D eigenvalue weighted by atomic mass is 32.2. The lowest BCUT2D eigenvalue weighted by Crippen LogP contribution is -2.24. The number of carbonyl (C=O) groups excluding carboxylic acids is 1. The molecule has 0 aromatic carbocycles. The molecule has 0 aliphatic carbocycles. The normalized spacial score (nSPS) is 10.6. The minimum atomic E-state index is -0.0376. The minimum Gasteiger partial charge on any atom is -0.466 e. The van der Waals surface area contributed by atoms with Crippen molar-refractivity contribution in [3.05, 3.63) is 27.1 Å². The molecule has 1 amide bonds. The van der Waals surface area contributed by atoms with Gasteiger partial charge in [0, 0.05) is 12.1 Å². The summed E-state index contributed by atoms with van der Waals surface area (Å²) in [6.45, 7) is 4.26. The number of nitrogens with zero attached hydrogens (tertiary/aromatic N) is 1. The highest BCUT2D eigenvalue weighted by Gasteiger charge is 2.08. The Hall–Kier alpha value is -1.12. The quantitative estimate of drug-likeness (QED) is 0.656. The molecular weight excluding hydrogens is 302 g/mol. The van der Waals surface area contributed by atoms with Crippen molar-refractivity contribution in [1.29, 1.82) is 0 Å². The van der Waals surface area contributed by atoms with E-state index in [0.717, 1.165) is 21.4 Å². The number of thioether (sulfide) groups is 1. The van der Waals surface area contributed by atoms with E-state index in [9.17, 15) is 4.79 Å². The van der Waals surface area contributed by atoms with Crippen LogP contribution in [-0.4, -0.2) is 21.9 Å². The second-order valence-electron chi connectivity index (χ2n) is 3.88. The zero-order valence-electron chi connectivity index (χ0n) is 10.5. The van der Waals surface area contributed by atoms with Gasteiger partial charge in [-0.15, -0.1) is 0 Å². The summed E-state index contributed by atoms with van der Waals surface area (Å²) in [7, 11) is 0. The van der Waals surface area contributed by atoms with E-state index in [2.05, 4.69) is 15.5 Å². The van der Waals surface area contributed by atoms with Gasteiger partial charge in [0.15, 0.2) is 8.29 Å². The first kappa shape index (κ1) is 14.3. The maximum Gasteiger partial charge on any atom is 0.230 e. The minimum absolute atomic E-state index is 0.0376. The molecule has 0 atom stereocenters. The van der Waals surface area contributed by atoms with Crippen molar-refractivity contribution in [2.45, 2.75) is 24.7 Å². The van der Waals surface area contributed by atoms with Crippen LogP contribution in [0, 0.1) is 17.8 Å². The van der Waals surface area contributed by atoms with Crippen LogP contribution in [-0.2, 0) is 11.3 Å². The first-order chi connectivity index (χ1) is 9.04. The predicted molar refractivity (Wildman–Crippen MR) is 78.1 cm³/mol. The molecule has 19 heavy (non-hydrogen) atoms. The predicted octanol–water partition coefficient (Wildman–Crippen LogP) is 2.82. The summed E-state index contributed by atoms with van der Waals surface area (Å²) < 4.78 is 6.79. The Labute approximate surface area is 123 Å². The molecule has 2 rings (SSSR count). The number of nitrogens with one attached hydrogen (secondary N) is 2. The van der Waals surface area contributed by atoms with Crippen LogP contribution in [0.5, 0.6) is 0 Å². The molecule has 5 nitrogen and oxygen atoms in total. The summed E-state index contributed by atoms with van der Waals surface area (Å²) >= 11 is 7.65. The van der Waals surface area contributed by atoms with E-state index >= 15 is 0 Å². The van der Waals surface area contributed by atoms with Gasteiger partial charge >= 0.3 is 0 Å². The third kappa shape index (κ3) is 4.19. The standard InChI is InChI=1S/C11H13N3O2S3/c1-6-3-8(7(2)16-6)4-12-9(15)5-18-11-14-13-10(17)19-11/h3H,4-5H2,1-2H3,(H,12,15)(H,13,17). The number of hydrogen-bond donors (Lipinski definition) is 2. The van der Waals surface area contributed by atoms with Gasteiger partial charge in [-0.2, -0.15) is 5.10 Å². The van der Waals surface area contributed by atoms with Crippen LogP contribution in [0.4, 0.5) is 0 Å². The van der Waals surface area contributed by atoms with Crippen molar-refractivity contribution in [3.63, 3.8) is 0 Å². The molecule has 0 spiro atoms. The van der Waals surface area contributed by atoms with Crippen LogP contribution >= 0.6 is 35.3 Å². The van der Waals surface area contributed by atoms with Crippen LogP contribution in [0.2, 0.25) is 0 Å². The molecule has 0 fully saturated rings. The SMILES string of the molecule is Cc1cc(CNC(=O)CSc2n[nH]c(=S)s2)c(C)o1. The first-order valence-electron chi connectivity index (χ1n) is 5.55. The number of H-pyrrole nitrogens is 1. The zero-order chi connectivity index (χ0) is 13.8. The van der Waals surface area contributed by atoms with E-state index < -0.39 is 0 Å². The molecule has 2 aromatic rings. The third-order valence-electron chi connectivity index (χ3n) is 2.37. The fraction of sp³-hybridized carbons (Fsp3) is 0.364. The van der Waals surface area contributed by atoms with Gasteiger partial charge in [-0.3, -0.25) is 9.89 Å². The van der Waals surface area contributed by atoms with E-state index in [1.165, 1.54) is 23.1 Å². The average Bonchev–Trinajstić information content (AvgIpc) is 2.90. The van der Waals surface area contributed by atoms with Crippen LogP contribution in [0.3, 0.4) is 0 Å². The Morgan fingerprint density at radius 1 is 1.63 bits per heavy atom. The van der Waals surface area contributed by atoms with E-state index in [0.29, 0.717) is 16.3 Å². The van der Waals surface area contributed by atoms with Gasteiger partial charge in [0.2, 0.25) is 5.91 Å². The number of hydrogen-bond acceptors (Lipinski definition) is 6. The van der Waals surface area contributed by atoms with E-state index in [1.807, 2.05) is 19.9 Å². The lowest BCUT2D eigenvalue weighted by molar-refractivity contribution is -0.118. The molecule has 8 heteroatoms. The van der Waals surface area contributed by atoms with Gasteiger partial charge in [0.05, 0.1) is 5.75 Å². The molecule has 0 aliphatic heterocycles. The Balaban J connectivity index is 1.78. The van der Waals surface area contributed by atoms with Crippen LogP contribution in [0.1, 0.15) is 17.1 Å². The van der Waals surface area contributed by atoms with Crippen molar-refractivity contribution in [2.24, 2.45) is 0 Å². The smallest absolute Gasteiger partial charge is 0.230 e. The molecule has 0 bridgehead atoms. The number of furan rings is 1. The van der Waals surface area contributed by atoms with Crippen molar-refractivity contribution >= 4 is 41.2 Å². The van der Waals surface area contributed by atoms with Crippen LogP contribution < -0.4 is 5.32 Å². The average molecular weight is 315 g/mol. The number of aromatic amines is 1. The number of amides is 1. The van der Waals surface area contributed by atoms with E-state index in [-0.39, 0.29) is 5.91 Å². The monoisotopic (exact) mass is 315 g/mol. The largest absolute Gasteiger partial charge is 0.466 e. The van der Waals surface area contributed by atoms with Crippen molar-refractivity contribution in [3.8, 4) is 0 Å². The molecule has 2 aromatic heterocycles. The van der Waals surface area contributed by atoms with Gasteiger partial charge in [-0.05, 0) is 32.1 Å². The highest BCUT2D eigenvalue weighted by Crippen LogP contribution is 2.19. The fourth-order valence-corrected chi connectivity index (χ4v) is 3.42. The number of aromatic nitrogens is 2. The van der Waals surface area contributed by atoms with Gasteiger partial charge in [-0.1, -0.05) is 23.1 Å². The second kappa shape index (κ2) is 6.36. The second-order valence-corrected chi connectivity index (χ2v) is 6.77. The van der Waals surface area contributed by atoms with Crippen molar-refractivity contribution in [1.82, 2.24) is 15.5 Å². The molecule has 0 unspecified atom stereocenters. The molecule has 2 N–H and O–H groups in total. The Kier molecular flexibility index (Phi) is 4.78. The Morgan fingerprint density at radius 2 is 2.42 bits per heavy atom. The zero-order valence-corrected chi connectivity index (χ0v) is 12.9. The lowest BCUT2D eigenvalue weighted by atomic mass is 10.2. The Morgan fingerprint density at radius 3 is 3.00 bits per heavy atom. The molecule has 0 radical (unpaired) electrons. The molecule has 102 valence electrons. The molecule has 0 saturated carbocycles. The highest BCUT2D eigenvalue weighted by molar-refractivity contribution is 8.01. The summed E-state index contributed by atoms with van der Waals surface area (Å²) in [5.41, 5.74) is 1.01. The number of rotatable bonds is 5. The molecular formula is C11H13N3O2S3. The maximum atomic E-state index is 11.7. The molecule has 0 aliphatic rings.